The summed E-state index contributed by atoms with van der Waals surface area (Å²) in [6, 6.07) is 18.0. The summed E-state index contributed by atoms with van der Waals surface area (Å²) < 4.78 is 0. The molecule has 1 aliphatic carbocycles. The highest BCUT2D eigenvalue weighted by Crippen LogP contribution is 2.55. The Morgan fingerprint density at radius 1 is 0.762 bits per heavy atom. The molecule has 1 unspecified atom stereocenters. The van der Waals surface area contributed by atoms with Gasteiger partial charge >= 0.3 is 0 Å². The molecule has 2 aromatic rings. The van der Waals surface area contributed by atoms with Crippen LogP contribution in [0.4, 0.5) is 0 Å². The minimum Gasteiger partial charge on any atom is -0.346 e. The summed E-state index contributed by atoms with van der Waals surface area (Å²) in [7, 11) is 0. The maximum Gasteiger partial charge on any atom is 0.0687 e. The van der Waals surface area contributed by atoms with E-state index in [9.17, 15) is 0 Å². The van der Waals surface area contributed by atoms with Crippen molar-refractivity contribution < 1.29 is 0 Å². The van der Waals surface area contributed by atoms with Crippen LogP contribution in [0.25, 0.3) is 11.1 Å². The van der Waals surface area contributed by atoms with Crippen LogP contribution in [-0.2, 0) is 5.41 Å². The molecule has 100 valence electrons. The average molecular weight is 269 g/mol. The summed E-state index contributed by atoms with van der Waals surface area (Å²) in [4.78, 5) is 2.32. The quantitative estimate of drug-likeness (QED) is 0.691. The minimum atomic E-state index is -0.0472. The third-order valence-corrected chi connectivity index (χ3v) is 5.00. The summed E-state index contributed by atoms with van der Waals surface area (Å²) in [6.45, 7) is 0. The van der Waals surface area contributed by atoms with Gasteiger partial charge < -0.3 is 4.90 Å². The molecule has 0 bridgehead atoms. The lowest BCUT2D eigenvalue weighted by molar-refractivity contribution is 0.379. The van der Waals surface area contributed by atoms with Crippen molar-refractivity contribution in [2.75, 3.05) is 0 Å². The van der Waals surface area contributed by atoms with Crippen LogP contribution in [-0.4, -0.2) is 10.9 Å². The standard InChI is InChI=1S/C20H15N/c1-3-9-17-15(7-1)16-8-2-4-10-18(16)20(17)12-14-21-13-6-5-11-19(20)21/h1-14,19H. The third-order valence-electron chi connectivity index (χ3n) is 5.00. The van der Waals surface area contributed by atoms with E-state index in [1.54, 1.807) is 0 Å². The molecule has 0 saturated heterocycles. The number of hydrogen-bond acceptors (Lipinski definition) is 1. The Kier molecular flexibility index (Phi) is 2.00. The van der Waals surface area contributed by atoms with Crippen LogP contribution in [0.1, 0.15) is 11.1 Å². The lowest BCUT2D eigenvalue weighted by Gasteiger charge is -2.36. The van der Waals surface area contributed by atoms with Crippen molar-refractivity contribution in [3.8, 4) is 11.1 Å². The molecular weight excluding hydrogens is 254 g/mol. The molecule has 5 rings (SSSR count). The fourth-order valence-electron chi connectivity index (χ4n) is 4.14. The highest BCUT2D eigenvalue weighted by Gasteiger charge is 2.50. The summed E-state index contributed by atoms with van der Waals surface area (Å²) in [5.74, 6) is 0. The summed E-state index contributed by atoms with van der Waals surface area (Å²) in [5, 5.41) is 0. The van der Waals surface area contributed by atoms with Gasteiger partial charge in [0.2, 0.25) is 0 Å². The van der Waals surface area contributed by atoms with Crippen molar-refractivity contribution in [1.29, 1.82) is 0 Å². The van der Waals surface area contributed by atoms with Gasteiger partial charge in [-0.15, -0.1) is 0 Å². The van der Waals surface area contributed by atoms with Gasteiger partial charge in [0.25, 0.3) is 0 Å². The molecule has 1 atom stereocenters. The number of allylic oxidation sites excluding steroid dienone is 2. The second-order valence-corrected chi connectivity index (χ2v) is 5.89. The van der Waals surface area contributed by atoms with Crippen molar-refractivity contribution >= 4 is 0 Å². The van der Waals surface area contributed by atoms with Crippen molar-refractivity contribution in [1.82, 2.24) is 4.90 Å². The van der Waals surface area contributed by atoms with Crippen LogP contribution in [0.2, 0.25) is 0 Å². The summed E-state index contributed by atoms with van der Waals surface area (Å²) >= 11 is 0. The van der Waals surface area contributed by atoms with Gasteiger partial charge in [0.1, 0.15) is 0 Å². The van der Waals surface area contributed by atoms with Crippen molar-refractivity contribution in [3.63, 3.8) is 0 Å². The lowest BCUT2D eigenvalue weighted by Crippen LogP contribution is -2.40. The van der Waals surface area contributed by atoms with Crippen LogP contribution in [0.3, 0.4) is 0 Å². The van der Waals surface area contributed by atoms with E-state index in [1.165, 1.54) is 22.3 Å². The SMILES string of the molecule is C1=CC2N(C=C1)C=CC21c2ccccc2-c2ccccc21. The first-order chi connectivity index (χ1) is 10.4. The molecule has 0 aromatic heterocycles. The van der Waals surface area contributed by atoms with E-state index in [4.69, 9.17) is 0 Å². The van der Waals surface area contributed by atoms with Crippen LogP contribution >= 0.6 is 0 Å². The van der Waals surface area contributed by atoms with E-state index in [0.717, 1.165) is 0 Å². The molecule has 0 fully saturated rings. The lowest BCUT2D eigenvalue weighted by atomic mass is 9.73. The molecule has 1 nitrogen and oxygen atoms in total. The van der Waals surface area contributed by atoms with Gasteiger partial charge in [-0.1, -0.05) is 66.8 Å². The minimum absolute atomic E-state index is 0.0472. The first-order valence-electron chi connectivity index (χ1n) is 7.42. The van der Waals surface area contributed by atoms with Crippen molar-refractivity contribution in [2.45, 2.75) is 11.5 Å². The zero-order valence-corrected chi connectivity index (χ0v) is 11.6. The predicted molar refractivity (Wildman–Crippen MR) is 85.7 cm³/mol. The number of hydrogen-bond donors (Lipinski definition) is 0. The van der Waals surface area contributed by atoms with Gasteiger partial charge in [-0.05, 0) is 28.3 Å². The topological polar surface area (TPSA) is 3.24 Å². The van der Waals surface area contributed by atoms with Crippen molar-refractivity contribution in [3.05, 3.63) is 96.4 Å². The normalized spacial score (nSPS) is 22.5. The Balaban J connectivity index is 1.87. The Hall–Kier alpha value is -2.54. The molecule has 0 amide bonds. The van der Waals surface area contributed by atoms with E-state index in [2.05, 4.69) is 90.1 Å². The van der Waals surface area contributed by atoms with Gasteiger partial charge in [0, 0.05) is 12.4 Å². The second-order valence-electron chi connectivity index (χ2n) is 5.89. The maximum absolute atomic E-state index is 2.38. The monoisotopic (exact) mass is 269 g/mol. The van der Waals surface area contributed by atoms with Crippen LogP contribution in [0, 0.1) is 0 Å². The highest BCUT2D eigenvalue weighted by molar-refractivity contribution is 5.83. The smallest absolute Gasteiger partial charge is 0.0687 e. The molecule has 21 heavy (non-hydrogen) atoms. The number of fused-ring (bicyclic) bond motifs is 7. The Morgan fingerprint density at radius 2 is 1.43 bits per heavy atom. The summed E-state index contributed by atoms with van der Waals surface area (Å²) in [5.41, 5.74) is 5.56. The average Bonchev–Trinajstić information content (AvgIpc) is 3.08. The van der Waals surface area contributed by atoms with Crippen LogP contribution < -0.4 is 0 Å². The first kappa shape index (κ1) is 11.2. The number of benzene rings is 2. The van der Waals surface area contributed by atoms with E-state index >= 15 is 0 Å². The molecule has 0 saturated carbocycles. The molecular formula is C20H15N. The Morgan fingerprint density at radius 3 is 2.14 bits per heavy atom. The third kappa shape index (κ3) is 1.22. The van der Waals surface area contributed by atoms with E-state index < -0.39 is 0 Å². The van der Waals surface area contributed by atoms with E-state index in [1.807, 2.05) is 0 Å². The number of nitrogens with zero attached hydrogens (tertiary/aromatic N) is 1. The predicted octanol–water partition coefficient (Wildman–Crippen LogP) is 4.23. The first-order valence-corrected chi connectivity index (χ1v) is 7.42. The fourth-order valence-corrected chi connectivity index (χ4v) is 4.14. The molecule has 2 aliphatic heterocycles. The van der Waals surface area contributed by atoms with Crippen molar-refractivity contribution in [2.24, 2.45) is 0 Å². The van der Waals surface area contributed by atoms with Crippen LogP contribution in [0.15, 0.2) is 85.2 Å². The molecule has 0 N–H and O–H groups in total. The van der Waals surface area contributed by atoms with Gasteiger partial charge in [-0.2, -0.15) is 0 Å². The summed E-state index contributed by atoms with van der Waals surface area (Å²) in [6.07, 6.45) is 13.4. The zero-order valence-electron chi connectivity index (χ0n) is 11.6. The molecule has 3 aliphatic rings. The van der Waals surface area contributed by atoms with Gasteiger partial charge in [-0.3, -0.25) is 0 Å². The van der Waals surface area contributed by atoms with Gasteiger partial charge in [0.15, 0.2) is 0 Å². The fraction of sp³-hybridized carbons (Fsp3) is 0.100. The molecule has 1 spiro atoms. The Labute approximate surface area is 124 Å². The molecule has 0 radical (unpaired) electrons. The van der Waals surface area contributed by atoms with E-state index in [0.29, 0.717) is 6.04 Å². The second kappa shape index (κ2) is 3.76. The maximum atomic E-state index is 2.38. The Bertz CT molecular complexity index is 780. The molecule has 1 heteroatoms. The van der Waals surface area contributed by atoms with E-state index in [-0.39, 0.29) is 5.41 Å². The van der Waals surface area contributed by atoms with Gasteiger partial charge in [0.05, 0.1) is 11.5 Å². The molecule has 2 heterocycles. The van der Waals surface area contributed by atoms with Crippen LogP contribution in [0.5, 0.6) is 0 Å². The highest BCUT2D eigenvalue weighted by atomic mass is 15.2. The number of rotatable bonds is 0. The largest absolute Gasteiger partial charge is 0.346 e. The van der Waals surface area contributed by atoms with Gasteiger partial charge in [-0.25, -0.2) is 0 Å². The molecule has 2 aromatic carbocycles. The zero-order chi connectivity index (χ0) is 13.9.